The van der Waals surface area contributed by atoms with Gasteiger partial charge in [0.1, 0.15) is 0 Å². The first-order valence-corrected chi connectivity index (χ1v) is 24.7. The normalized spacial score (nSPS) is 5.46. The largest absolute Gasteiger partial charge is 0.388 e. The topological polar surface area (TPSA) is 36.9 Å². The number of methoxy groups -OCH3 is 4. The summed E-state index contributed by atoms with van der Waals surface area (Å²) in [6.45, 7) is 54.1. The highest BCUT2D eigenvalue weighted by Crippen LogP contribution is 1.92. The number of ether oxygens (including phenoxy) is 4. The van der Waals surface area contributed by atoms with E-state index in [2.05, 4.69) is 38.0 Å². The molecule has 0 fully saturated rings. The Bertz CT molecular complexity index is 621. The molecule has 65 heavy (non-hydrogen) atoms. The molecule has 4 nitrogen and oxygen atoms in total. The molecule has 4 rings (SSSR count). The Balaban J connectivity index is -0.0000000206. The molecule has 0 saturated carbocycles. The van der Waals surface area contributed by atoms with Crippen LogP contribution in [0.3, 0.4) is 0 Å². The Morgan fingerprint density at radius 3 is 0.292 bits per heavy atom. The predicted octanol–water partition coefficient (Wildman–Crippen LogP) is 20.7. The van der Waals surface area contributed by atoms with E-state index in [-0.39, 0.29) is 16.8 Å². The molecule has 0 aliphatic carbocycles. The summed E-state index contributed by atoms with van der Waals surface area (Å²) in [4.78, 5) is 0. The predicted molar refractivity (Wildman–Crippen MR) is 321 cm³/mol. The maximum absolute atomic E-state index is 4.25. The van der Waals surface area contributed by atoms with E-state index in [1.54, 1.807) is 56.9 Å². The molecule has 4 aromatic rings. The van der Waals surface area contributed by atoms with Crippen molar-refractivity contribution < 1.29 is 18.9 Å². The van der Waals surface area contributed by atoms with Crippen LogP contribution in [0.15, 0.2) is 140 Å². The van der Waals surface area contributed by atoms with Gasteiger partial charge in [0, 0.05) is 73.7 Å². The van der Waals surface area contributed by atoms with Gasteiger partial charge in [0.05, 0.1) is 0 Å². The van der Waals surface area contributed by atoms with Crippen molar-refractivity contribution in [3.8, 4) is 0 Å². The van der Waals surface area contributed by atoms with Gasteiger partial charge in [0.25, 0.3) is 0 Å². The van der Waals surface area contributed by atoms with Crippen LogP contribution in [-0.4, -0.2) is 73.7 Å². The molecule has 0 N–H and O–H groups in total. The second kappa shape index (κ2) is 302. The van der Waals surface area contributed by atoms with E-state index in [1.165, 1.54) is 5.56 Å². The number of rotatable bonds is 0. The minimum absolute atomic E-state index is 0. The highest BCUT2D eigenvalue weighted by Gasteiger charge is 1.72. The zero-order valence-electron chi connectivity index (χ0n) is 51.6. The van der Waals surface area contributed by atoms with E-state index in [1.807, 2.05) is 307 Å². The third-order valence-corrected chi connectivity index (χ3v) is 2.94. The maximum Gasteiger partial charge on any atom is 0.0351 e. The molecular weight excluding hydrogens is 794 g/mol. The summed E-state index contributed by atoms with van der Waals surface area (Å²) in [6.07, 6.45) is 0. The van der Waals surface area contributed by atoms with Gasteiger partial charge in [-0.25, -0.2) is 0 Å². The van der Waals surface area contributed by atoms with Gasteiger partial charge >= 0.3 is 0 Å². The summed E-state index contributed by atoms with van der Waals surface area (Å²) in [5, 5.41) is 0. The third-order valence-electron chi connectivity index (χ3n) is 2.94. The van der Waals surface area contributed by atoms with Crippen molar-refractivity contribution in [2.24, 2.45) is 0 Å². The van der Waals surface area contributed by atoms with Crippen molar-refractivity contribution >= 4 is 16.8 Å². The van der Waals surface area contributed by atoms with Crippen LogP contribution in [0.1, 0.15) is 186 Å². The summed E-state index contributed by atoms with van der Waals surface area (Å²) in [5.74, 6) is 0. The Morgan fingerprint density at radius 1 is 0.185 bits per heavy atom. The fourth-order valence-electron chi connectivity index (χ4n) is 1.69. The SMILES string of the molecule is CC.CC.CC.CC.CC.CC.CC.CC.CC.CC.CC.CC.CC.COC.COC.COC.COC.Cc1ccccc1.[B].[B].c1ccccc1.c1ccccc1.c1ccccc1. The molecule has 0 atom stereocenters. The van der Waals surface area contributed by atoms with Crippen LogP contribution in [0.4, 0.5) is 0 Å². The van der Waals surface area contributed by atoms with E-state index < -0.39 is 0 Å². The number of hydrogen-bond acceptors (Lipinski definition) is 4. The minimum Gasteiger partial charge on any atom is -0.388 e. The maximum atomic E-state index is 4.25. The molecule has 0 saturated heterocycles. The van der Waals surface area contributed by atoms with Gasteiger partial charge in [0.15, 0.2) is 0 Å². The summed E-state index contributed by atoms with van der Waals surface area (Å²) >= 11 is 0. The van der Waals surface area contributed by atoms with Crippen LogP contribution in [0.5, 0.6) is 0 Å². The quantitative estimate of drug-likeness (QED) is 0.165. The average Bonchev–Trinajstić information content (AvgIpc) is 3.42. The van der Waals surface area contributed by atoms with Gasteiger partial charge in [-0.3, -0.25) is 0 Å². The highest BCUT2D eigenvalue weighted by molar-refractivity contribution is 5.76. The number of aryl methyl sites for hydroxylation is 1. The Morgan fingerprint density at radius 2 is 0.246 bits per heavy atom. The average molecular weight is 923 g/mol. The van der Waals surface area contributed by atoms with Gasteiger partial charge in [-0.2, -0.15) is 0 Å². The van der Waals surface area contributed by atoms with Crippen LogP contribution in [0.2, 0.25) is 0 Å². The first kappa shape index (κ1) is 125. The van der Waals surface area contributed by atoms with Crippen LogP contribution >= 0.6 is 0 Å². The van der Waals surface area contributed by atoms with Crippen LogP contribution in [0.25, 0.3) is 0 Å². The van der Waals surface area contributed by atoms with E-state index in [4.69, 9.17) is 0 Å². The summed E-state index contributed by atoms with van der Waals surface area (Å²) in [6, 6.07) is 46.3. The molecular formula is C59H128B2O4. The second-order valence-electron chi connectivity index (χ2n) is 6.75. The van der Waals surface area contributed by atoms with Crippen molar-refractivity contribution in [2.45, 2.75) is 187 Å². The Labute approximate surface area is 423 Å². The fraction of sp³-hybridized carbons (Fsp3) is 0.593. The van der Waals surface area contributed by atoms with Crippen LogP contribution in [0, 0.1) is 6.92 Å². The summed E-state index contributed by atoms with van der Waals surface area (Å²) < 4.78 is 17.0. The van der Waals surface area contributed by atoms with Crippen molar-refractivity contribution in [3.63, 3.8) is 0 Å². The van der Waals surface area contributed by atoms with E-state index in [9.17, 15) is 0 Å². The Kier molecular flexibility index (Phi) is 580. The molecule has 6 radical (unpaired) electrons. The molecule has 0 aliphatic rings. The molecule has 0 bridgehead atoms. The monoisotopic (exact) mass is 923 g/mol. The second-order valence-corrected chi connectivity index (χ2v) is 6.75. The van der Waals surface area contributed by atoms with Gasteiger partial charge in [-0.05, 0) is 6.92 Å². The van der Waals surface area contributed by atoms with E-state index >= 15 is 0 Å². The standard InChI is InChI=1S/C7H8.3C6H6.4C2H6O.13C2H6.2B/c1-7-5-3-2-4-6-7;3*1-2-4-6-5-3-1;4*1-3-2;13*1-2;;/h2-6H,1H3;3*1-6H;4*1-2H3;13*1-2H3;;. The molecule has 394 valence electrons. The van der Waals surface area contributed by atoms with Crippen molar-refractivity contribution in [1.82, 2.24) is 0 Å². The van der Waals surface area contributed by atoms with Gasteiger partial charge in [0.2, 0.25) is 0 Å². The fourth-order valence-corrected chi connectivity index (χ4v) is 1.69. The molecule has 0 aromatic heterocycles. The third kappa shape index (κ3) is 404. The van der Waals surface area contributed by atoms with Gasteiger partial charge in [-0.1, -0.05) is 325 Å². The zero-order chi connectivity index (χ0) is 54.7. The first-order valence-electron chi connectivity index (χ1n) is 24.7. The lowest BCUT2D eigenvalue weighted by Crippen LogP contribution is -1.62. The van der Waals surface area contributed by atoms with Crippen LogP contribution < -0.4 is 0 Å². The molecule has 0 aliphatic heterocycles. The summed E-state index contributed by atoms with van der Waals surface area (Å²) in [7, 11) is 13.0. The number of hydrogen-bond donors (Lipinski definition) is 0. The van der Waals surface area contributed by atoms with Crippen molar-refractivity contribution in [3.05, 3.63) is 145 Å². The van der Waals surface area contributed by atoms with E-state index in [0.29, 0.717) is 0 Å². The van der Waals surface area contributed by atoms with Gasteiger partial charge in [-0.15, -0.1) is 0 Å². The molecule has 6 heteroatoms. The molecule has 4 aromatic carbocycles. The summed E-state index contributed by atoms with van der Waals surface area (Å²) in [5.41, 5.74) is 1.32. The van der Waals surface area contributed by atoms with Gasteiger partial charge < -0.3 is 18.9 Å². The lowest BCUT2D eigenvalue weighted by atomic mass is 10.2. The molecule has 0 unspecified atom stereocenters. The van der Waals surface area contributed by atoms with Crippen molar-refractivity contribution in [1.29, 1.82) is 0 Å². The molecule has 0 heterocycles. The minimum atomic E-state index is 0. The Hall–Kier alpha value is -3.15. The highest BCUT2D eigenvalue weighted by atomic mass is 16.5. The smallest absolute Gasteiger partial charge is 0.0351 e. The lowest BCUT2D eigenvalue weighted by Gasteiger charge is -1.82. The van der Waals surface area contributed by atoms with Crippen molar-refractivity contribution in [2.75, 3.05) is 56.9 Å². The van der Waals surface area contributed by atoms with E-state index in [0.717, 1.165) is 0 Å². The van der Waals surface area contributed by atoms with Crippen LogP contribution in [-0.2, 0) is 18.9 Å². The first-order chi connectivity index (χ1) is 31.1. The molecule has 0 amide bonds. The zero-order valence-corrected chi connectivity index (χ0v) is 51.6. The number of benzene rings is 4. The lowest BCUT2D eigenvalue weighted by molar-refractivity contribution is 0.277. The molecule has 0 spiro atoms.